The molecule has 1 heterocycles. The van der Waals surface area contributed by atoms with Crippen LogP contribution >= 0.6 is 11.6 Å². The maximum atomic E-state index is 13.2. The van der Waals surface area contributed by atoms with Gasteiger partial charge in [-0.15, -0.1) is 0 Å². The van der Waals surface area contributed by atoms with Crippen LogP contribution in [-0.2, 0) is 21.6 Å². The van der Waals surface area contributed by atoms with Crippen LogP contribution in [0.4, 0.5) is 16.2 Å². The number of aldehydes is 1. The summed E-state index contributed by atoms with van der Waals surface area (Å²) in [6, 6.07) is 21.3. The van der Waals surface area contributed by atoms with Crippen molar-refractivity contribution in [2.24, 2.45) is 5.92 Å². The van der Waals surface area contributed by atoms with Crippen molar-refractivity contribution < 1.29 is 19.4 Å². The molecule has 1 amide bonds. The molecule has 0 aliphatic carbocycles. The number of anilines is 2. The maximum absolute atomic E-state index is 13.2. The number of benzene rings is 3. The first-order chi connectivity index (χ1) is 18.9. The van der Waals surface area contributed by atoms with Gasteiger partial charge >= 0.3 is 6.09 Å². The molecule has 2 atom stereocenters. The summed E-state index contributed by atoms with van der Waals surface area (Å²) in [5, 5.41) is 10.0. The second-order valence-electron chi connectivity index (χ2n) is 11.9. The Bertz CT molecular complexity index is 1380. The fraction of sp³-hybridized carbons (Fsp3) is 0.394. The molecule has 0 spiro atoms. The van der Waals surface area contributed by atoms with Gasteiger partial charge in [0.15, 0.2) is 0 Å². The number of halogens is 1. The van der Waals surface area contributed by atoms with E-state index >= 15 is 0 Å². The number of hydrogen-bond acceptors (Lipinski definition) is 5. The highest BCUT2D eigenvalue weighted by molar-refractivity contribution is 6.31. The van der Waals surface area contributed by atoms with Crippen LogP contribution in [0.2, 0.25) is 5.02 Å². The van der Waals surface area contributed by atoms with Crippen molar-refractivity contribution in [3.63, 3.8) is 0 Å². The molecule has 0 bridgehead atoms. The molecule has 4 rings (SSSR count). The molecular weight excluding hydrogens is 524 g/mol. The van der Waals surface area contributed by atoms with Crippen molar-refractivity contribution in [1.82, 2.24) is 4.90 Å². The van der Waals surface area contributed by atoms with Gasteiger partial charge in [-0.1, -0.05) is 67.9 Å². The number of aliphatic hydroxyl groups excluding tert-OH is 1. The monoisotopic (exact) mass is 562 g/mol. The molecule has 40 heavy (non-hydrogen) atoms. The highest BCUT2D eigenvalue weighted by Crippen LogP contribution is 2.47. The van der Waals surface area contributed by atoms with Gasteiger partial charge in [-0.2, -0.15) is 0 Å². The summed E-state index contributed by atoms with van der Waals surface area (Å²) in [7, 11) is 1.99. The molecule has 1 N–H and O–H groups in total. The summed E-state index contributed by atoms with van der Waals surface area (Å²) in [6.07, 6.45) is 1.16. The van der Waals surface area contributed by atoms with E-state index in [9.17, 15) is 14.7 Å². The van der Waals surface area contributed by atoms with E-state index in [2.05, 4.69) is 24.8 Å². The van der Waals surface area contributed by atoms with Gasteiger partial charge in [0, 0.05) is 30.0 Å². The molecule has 0 saturated carbocycles. The Balaban J connectivity index is 1.75. The molecule has 1 fully saturated rings. The zero-order chi connectivity index (χ0) is 29.2. The molecule has 1 unspecified atom stereocenters. The Labute approximate surface area is 242 Å². The molecule has 1 aliphatic rings. The Morgan fingerprint density at radius 3 is 2.45 bits per heavy atom. The van der Waals surface area contributed by atoms with Gasteiger partial charge in [-0.3, -0.25) is 0 Å². The molecule has 212 valence electrons. The number of nitrogens with zero attached hydrogens (tertiary/aromatic N) is 2. The van der Waals surface area contributed by atoms with Gasteiger partial charge in [-0.25, -0.2) is 4.79 Å². The first-order valence-corrected chi connectivity index (χ1v) is 14.1. The number of amides is 1. The number of hydrogen-bond donors (Lipinski definition) is 1. The largest absolute Gasteiger partial charge is 0.444 e. The van der Waals surface area contributed by atoms with E-state index in [4.69, 9.17) is 16.3 Å². The molecule has 1 aliphatic heterocycles. The number of carbonyl (C=O) groups excluding carboxylic acids is 2. The van der Waals surface area contributed by atoms with Gasteiger partial charge < -0.3 is 24.4 Å². The summed E-state index contributed by atoms with van der Waals surface area (Å²) in [5.41, 5.74) is 3.82. The normalized spacial score (nSPS) is 19.1. The second kappa shape index (κ2) is 11.6. The van der Waals surface area contributed by atoms with Crippen molar-refractivity contribution >= 4 is 35.4 Å². The van der Waals surface area contributed by atoms with Gasteiger partial charge in [-0.05, 0) is 79.6 Å². The second-order valence-corrected chi connectivity index (χ2v) is 12.3. The predicted molar refractivity (Wildman–Crippen MR) is 161 cm³/mol. The molecule has 0 radical (unpaired) electrons. The van der Waals surface area contributed by atoms with Crippen LogP contribution < -0.4 is 4.90 Å². The third kappa shape index (κ3) is 5.74. The number of rotatable bonds is 7. The number of aliphatic hydroxyl groups is 1. The Morgan fingerprint density at radius 2 is 1.82 bits per heavy atom. The van der Waals surface area contributed by atoms with E-state index in [1.54, 1.807) is 4.90 Å². The van der Waals surface area contributed by atoms with Crippen LogP contribution in [-0.4, -0.2) is 47.6 Å². The van der Waals surface area contributed by atoms with Crippen LogP contribution in [0.1, 0.15) is 52.2 Å². The highest BCUT2D eigenvalue weighted by Gasteiger charge is 2.53. The standard InChI is InChI=1S/C33H39ClN2O4/c1-22(2)30-33(21-38,16-17-36(30)31(39)40-32(3,4)5)27-12-7-8-13-29(27)35(6)26-11-9-10-23(18-26)24-14-15-25(20-37)28(34)19-24/h7-15,18-19,21-22,30,37H,16-17,20H2,1-6H3/t30?,33-/m0/s1. The van der Waals surface area contributed by atoms with Gasteiger partial charge in [0.1, 0.15) is 11.9 Å². The molecule has 6 nitrogen and oxygen atoms in total. The quantitative estimate of drug-likeness (QED) is 0.304. The molecule has 1 saturated heterocycles. The minimum absolute atomic E-state index is 0.0218. The lowest BCUT2D eigenvalue weighted by atomic mass is 9.71. The Hall–Kier alpha value is -3.35. The SMILES string of the molecule is CC(C)C1N(C(=O)OC(C)(C)C)CC[C@]1(C=O)c1ccccc1N(C)c1cccc(-c2ccc(CO)c(Cl)c2)c1. The van der Waals surface area contributed by atoms with Crippen molar-refractivity contribution in [2.75, 3.05) is 18.5 Å². The van der Waals surface area contributed by atoms with E-state index in [1.165, 1.54) is 0 Å². The average molecular weight is 563 g/mol. The lowest BCUT2D eigenvalue weighted by molar-refractivity contribution is -0.113. The van der Waals surface area contributed by atoms with Crippen LogP contribution in [0, 0.1) is 5.92 Å². The third-order valence-electron chi connectivity index (χ3n) is 7.66. The smallest absolute Gasteiger partial charge is 0.410 e. The molecular formula is C33H39ClN2O4. The number of carbonyl (C=O) groups is 2. The van der Waals surface area contributed by atoms with Crippen LogP contribution in [0.15, 0.2) is 66.7 Å². The van der Waals surface area contributed by atoms with E-state index in [1.807, 2.05) is 88.5 Å². The van der Waals surface area contributed by atoms with E-state index in [0.29, 0.717) is 23.6 Å². The van der Waals surface area contributed by atoms with Crippen molar-refractivity contribution in [3.8, 4) is 11.1 Å². The van der Waals surface area contributed by atoms with Crippen LogP contribution in [0.5, 0.6) is 0 Å². The van der Waals surface area contributed by atoms with Crippen molar-refractivity contribution in [1.29, 1.82) is 0 Å². The van der Waals surface area contributed by atoms with Crippen molar-refractivity contribution in [3.05, 3.63) is 82.9 Å². The molecule has 3 aromatic carbocycles. The summed E-state index contributed by atoms with van der Waals surface area (Å²) in [4.78, 5) is 30.2. The molecule has 3 aromatic rings. The van der Waals surface area contributed by atoms with Crippen molar-refractivity contribution in [2.45, 2.75) is 64.7 Å². The zero-order valence-corrected chi connectivity index (χ0v) is 24.9. The Morgan fingerprint density at radius 1 is 1.12 bits per heavy atom. The lowest BCUT2D eigenvalue weighted by Crippen LogP contribution is -2.50. The fourth-order valence-corrected chi connectivity index (χ4v) is 6.13. The summed E-state index contributed by atoms with van der Waals surface area (Å²) < 4.78 is 5.74. The predicted octanol–water partition coefficient (Wildman–Crippen LogP) is 7.37. The van der Waals surface area contributed by atoms with Crippen LogP contribution in [0.3, 0.4) is 0 Å². The molecule has 0 aromatic heterocycles. The summed E-state index contributed by atoms with van der Waals surface area (Å²) in [5.74, 6) is 0.0218. The minimum Gasteiger partial charge on any atom is -0.444 e. The first kappa shape index (κ1) is 29.6. The minimum atomic E-state index is -0.888. The fourth-order valence-electron chi connectivity index (χ4n) is 5.88. The highest BCUT2D eigenvalue weighted by atomic mass is 35.5. The van der Waals surface area contributed by atoms with Gasteiger partial charge in [0.25, 0.3) is 0 Å². The zero-order valence-electron chi connectivity index (χ0n) is 24.1. The average Bonchev–Trinajstić information content (AvgIpc) is 3.33. The van der Waals surface area contributed by atoms with Crippen LogP contribution in [0.25, 0.3) is 11.1 Å². The van der Waals surface area contributed by atoms with E-state index in [0.717, 1.165) is 34.4 Å². The van der Waals surface area contributed by atoms with E-state index in [-0.39, 0.29) is 24.7 Å². The van der Waals surface area contributed by atoms with E-state index < -0.39 is 11.0 Å². The van der Waals surface area contributed by atoms with Gasteiger partial charge in [0.2, 0.25) is 0 Å². The Kier molecular flexibility index (Phi) is 8.62. The lowest BCUT2D eigenvalue weighted by Gasteiger charge is -2.39. The number of likely N-dealkylation sites (tertiary alicyclic amines) is 1. The maximum Gasteiger partial charge on any atom is 0.410 e. The first-order valence-electron chi connectivity index (χ1n) is 13.7. The molecule has 7 heteroatoms. The number of ether oxygens (including phenoxy) is 1. The number of para-hydroxylation sites is 1. The summed E-state index contributed by atoms with van der Waals surface area (Å²) >= 11 is 6.37. The topological polar surface area (TPSA) is 70.1 Å². The third-order valence-corrected chi connectivity index (χ3v) is 8.01. The van der Waals surface area contributed by atoms with Gasteiger partial charge in [0.05, 0.1) is 18.1 Å². The summed E-state index contributed by atoms with van der Waals surface area (Å²) in [6.45, 7) is 9.99.